The molecule has 1 aromatic heterocycles. The Kier molecular flexibility index (Phi) is 6.36. The minimum Gasteiger partial charge on any atom is -0.324 e. The molecule has 2 N–H and O–H groups in total. The molecule has 6 heteroatoms. The molecule has 14 heavy (non-hydrogen) atoms. The lowest BCUT2D eigenvalue weighted by atomic mass is 10.1. The third kappa shape index (κ3) is 3.58. The molecule has 0 spiro atoms. The summed E-state index contributed by atoms with van der Waals surface area (Å²) in [4.78, 5) is 3.81. The molecule has 1 heterocycles. The smallest absolute Gasteiger partial charge is 0.135 e. The number of halogens is 4. The van der Waals surface area contributed by atoms with E-state index < -0.39 is 12.7 Å². The molecular formula is C8H10Cl3FN2. The number of aromatic nitrogens is 1. The number of hydrogen-bond acceptors (Lipinski definition) is 2. The van der Waals surface area contributed by atoms with E-state index >= 15 is 0 Å². The maximum Gasteiger partial charge on any atom is 0.135 e. The Morgan fingerprint density at radius 2 is 2.07 bits per heavy atom. The standard InChI is InChI=1S/C8H9Cl2FN2.ClH/c9-7-2-1-5(8(10)13-7)6(12)3-4-11;/h1-2,6H,3-4,12H2;1H/t6-;/m0./s1. The summed E-state index contributed by atoms with van der Waals surface area (Å²) in [6.45, 7) is -0.472. The van der Waals surface area contributed by atoms with Crippen molar-refractivity contribution in [2.75, 3.05) is 6.67 Å². The third-order valence-electron chi connectivity index (χ3n) is 1.66. The molecule has 0 bridgehead atoms. The van der Waals surface area contributed by atoms with E-state index in [9.17, 15) is 4.39 Å². The summed E-state index contributed by atoms with van der Waals surface area (Å²) in [5, 5.41) is 0.551. The minimum absolute atomic E-state index is 0. The predicted octanol–water partition coefficient (Wildman–Crippen LogP) is 3.17. The van der Waals surface area contributed by atoms with Gasteiger partial charge in [0.15, 0.2) is 0 Å². The number of pyridine rings is 1. The number of alkyl halides is 1. The summed E-state index contributed by atoms with van der Waals surface area (Å²) in [6, 6.07) is 2.83. The van der Waals surface area contributed by atoms with Gasteiger partial charge in [-0.1, -0.05) is 29.3 Å². The molecule has 1 atom stereocenters. The van der Waals surface area contributed by atoms with E-state index in [1.54, 1.807) is 12.1 Å². The van der Waals surface area contributed by atoms with Crippen molar-refractivity contribution in [3.8, 4) is 0 Å². The highest BCUT2D eigenvalue weighted by atomic mass is 35.5. The van der Waals surface area contributed by atoms with Gasteiger partial charge >= 0.3 is 0 Å². The maximum absolute atomic E-state index is 12.0. The first-order chi connectivity index (χ1) is 6.15. The summed E-state index contributed by atoms with van der Waals surface area (Å²) in [6.07, 6.45) is 0.239. The molecule has 0 saturated carbocycles. The first kappa shape index (κ1) is 13.9. The fourth-order valence-electron chi connectivity index (χ4n) is 0.973. The van der Waals surface area contributed by atoms with E-state index in [2.05, 4.69) is 4.98 Å². The van der Waals surface area contributed by atoms with Crippen LogP contribution in [0.25, 0.3) is 0 Å². The Bertz CT molecular complexity index is 296. The second-order valence-corrected chi connectivity index (χ2v) is 3.34. The monoisotopic (exact) mass is 258 g/mol. The molecule has 0 unspecified atom stereocenters. The average Bonchev–Trinajstić information content (AvgIpc) is 2.04. The van der Waals surface area contributed by atoms with Crippen molar-refractivity contribution >= 4 is 35.6 Å². The molecule has 0 aliphatic rings. The maximum atomic E-state index is 12.0. The van der Waals surface area contributed by atoms with E-state index in [-0.39, 0.29) is 24.0 Å². The zero-order valence-electron chi connectivity index (χ0n) is 7.21. The number of rotatable bonds is 3. The van der Waals surface area contributed by atoms with Crippen molar-refractivity contribution in [3.63, 3.8) is 0 Å². The first-order valence-corrected chi connectivity index (χ1v) is 4.54. The average molecular weight is 260 g/mol. The van der Waals surface area contributed by atoms with Gasteiger partial charge in [-0.05, 0) is 12.5 Å². The van der Waals surface area contributed by atoms with Crippen LogP contribution in [0.3, 0.4) is 0 Å². The van der Waals surface area contributed by atoms with E-state index in [4.69, 9.17) is 28.9 Å². The van der Waals surface area contributed by atoms with Gasteiger partial charge in [-0.15, -0.1) is 12.4 Å². The number of hydrogen-bond donors (Lipinski definition) is 1. The van der Waals surface area contributed by atoms with Crippen molar-refractivity contribution in [2.45, 2.75) is 12.5 Å². The summed E-state index contributed by atoms with van der Waals surface area (Å²) in [5.74, 6) is 0. The highest BCUT2D eigenvalue weighted by Gasteiger charge is 2.10. The highest BCUT2D eigenvalue weighted by Crippen LogP contribution is 2.23. The van der Waals surface area contributed by atoms with E-state index in [0.29, 0.717) is 10.7 Å². The Morgan fingerprint density at radius 1 is 1.43 bits per heavy atom. The van der Waals surface area contributed by atoms with E-state index in [1.807, 2.05) is 0 Å². The lowest BCUT2D eigenvalue weighted by Crippen LogP contribution is -2.11. The summed E-state index contributed by atoms with van der Waals surface area (Å²) in [7, 11) is 0. The van der Waals surface area contributed by atoms with Crippen LogP contribution in [0.15, 0.2) is 12.1 Å². The molecular weight excluding hydrogens is 249 g/mol. The summed E-state index contributed by atoms with van der Waals surface area (Å²) >= 11 is 11.4. The fourth-order valence-corrected chi connectivity index (χ4v) is 1.46. The Hall–Kier alpha value is -0.0900. The van der Waals surface area contributed by atoms with Crippen LogP contribution in [0.4, 0.5) is 4.39 Å². The molecule has 0 fully saturated rings. The highest BCUT2D eigenvalue weighted by molar-refractivity contribution is 6.32. The second-order valence-electron chi connectivity index (χ2n) is 2.60. The zero-order chi connectivity index (χ0) is 9.84. The van der Waals surface area contributed by atoms with Gasteiger partial charge in [-0.2, -0.15) is 0 Å². The summed E-state index contributed by atoms with van der Waals surface area (Å²) < 4.78 is 12.0. The van der Waals surface area contributed by atoms with Crippen LogP contribution in [0, 0.1) is 0 Å². The van der Waals surface area contributed by atoms with Crippen LogP contribution in [-0.2, 0) is 0 Å². The van der Waals surface area contributed by atoms with Crippen molar-refractivity contribution < 1.29 is 4.39 Å². The van der Waals surface area contributed by atoms with Gasteiger partial charge in [0, 0.05) is 11.6 Å². The van der Waals surface area contributed by atoms with Crippen molar-refractivity contribution in [1.29, 1.82) is 0 Å². The zero-order valence-corrected chi connectivity index (χ0v) is 9.54. The lowest BCUT2D eigenvalue weighted by Gasteiger charge is -2.10. The molecule has 0 aliphatic heterocycles. The molecule has 0 aliphatic carbocycles. The topological polar surface area (TPSA) is 38.9 Å². The minimum atomic E-state index is -0.472. The molecule has 0 saturated heterocycles. The van der Waals surface area contributed by atoms with Crippen LogP contribution in [0.2, 0.25) is 10.3 Å². The van der Waals surface area contributed by atoms with E-state index in [0.717, 1.165) is 0 Å². The van der Waals surface area contributed by atoms with Crippen LogP contribution in [0.5, 0.6) is 0 Å². The fraction of sp³-hybridized carbons (Fsp3) is 0.375. The normalized spacial score (nSPS) is 12.0. The van der Waals surface area contributed by atoms with Crippen LogP contribution in [0.1, 0.15) is 18.0 Å². The predicted molar refractivity (Wildman–Crippen MR) is 59.0 cm³/mol. The SMILES string of the molecule is Cl.N[C@@H](CCF)c1ccc(Cl)nc1Cl. The third-order valence-corrected chi connectivity index (χ3v) is 2.18. The van der Waals surface area contributed by atoms with Gasteiger partial charge < -0.3 is 5.73 Å². The van der Waals surface area contributed by atoms with Gasteiger partial charge in [0.05, 0.1) is 6.67 Å². The van der Waals surface area contributed by atoms with Gasteiger partial charge in [-0.3, -0.25) is 4.39 Å². The van der Waals surface area contributed by atoms with Gasteiger partial charge in [0.2, 0.25) is 0 Å². The van der Waals surface area contributed by atoms with Crippen LogP contribution in [-0.4, -0.2) is 11.7 Å². The quantitative estimate of drug-likeness (QED) is 0.847. The molecule has 0 radical (unpaired) electrons. The summed E-state index contributed by atoms with van der Waals surface area (Å²) in [5.41, 5.74) is 6.28. The van der Waals surface area contributed by atoms with Gasteiger partial charge in [-0.25, -0.2) is 4.98 Å². The van der Waals surface area contributed by atoms with Gasteiger partial charge in [0.1, 0.15) is 10.3 Å². The van der Waals surface area contributed by atoms with Crippen molar-refractivity contribution in [2.24, 2.45) is 5.73 Å². The van der Waals surface area contributed by atoms with Crippen molar-refractivity contribution in [1.82, 2.24) is 4.98 Å². The van der Waals surface area contributed by atoms with Gasteiger partial charge in [0.25, 0.3) is 0 Å². The second kappa shape index (κ2) is 6.40. The molecule has 0 aromatic carbocycles. The Balaban J connectivity index is 0.00000169. The largest absolute Gasteiger partial charge is 0.324 e. The van der Waals surface area contributed by atoms with Crippen LogP contribution < -0.4 is 5.73 Å². The lowest BCUT2D eigenvalue weighted by molar-refractivity contribution is 0.441. The molecule has 2 nitrogen and oxygen atoms in total. The van der Waals surface area contributed by atoms with E-state index in [1.165, 1.54) is 0 Å². The van der Waals surface area contributed by atoms with Crippen molar-refractivity contribution in [3.05, 3.63) is 28.0 Å². The Labute approximate surface area is 98.0 Å². The molecule has 0 amide bonds. The number of nitrogens with two attached hydrogens (primary N) is 1. The number of nitrogens with zero attached hydrogens (tertiary/aromatic N) is 1. The first-order valence-electron chi connectivity index (χ1n) is 3.78. The molecule has 80 valence electrons. The molecule has 1 rings (SSSR count). The Morgan fingerprint density at radius 3 is 2.57 bits per heavy atom. The van der Waals surface area contributed by atoms with Crippen LogP contribution >= 0.6 is 35.6 Å². The molecule has 1 aromatic rings.